The highest BCUT2D eigenvalue weighted by atomic mass is 16.5. The average molecular weight is 446 g/mol. The molecule has 0 saturated heterocycles. The molecular formula is C26H27N3O4. The molecule has 3 aromatic rings. The third-order valence-electron chi connectivity index (χ3n) is 6.01. The molecular weight excluding hydrogens is 418 g/mol. The van der Waals surface area contributed by atoms with E-state index in [9.17, 15) is 14.4 Å². The number of para-hydroxylation sites is 1. The molecule has 33 heavy (non-hydrogen) atoms. The largest absolute Gasteiger partial charge is 0.467 e. The Morgan fingerprint density at radius 2 is 1.91 bits per heavy atom. The van der Waals surface area contributed by atoms with E-state index in [4.69, 9.17) is 4.74 Å². The SMILES string of the molecule is COC(=O)[C@@H]1Cc2ccc(cc2)C(CC(=O)Nc2cccc3cccnc23)CCCC(=O)N1. The first-order valence-electron chi connectivity index (χ1n) is 11.1. The van der Waals surface area contributed by atoms with Crippen LogP contribution < -0.4 is 10.6 Å². The average Bonchev–Trinajstić information content (AvgIpc) is 2.82. The third kappa shape index (κ3) is 5.55. The number of esters is 1. The van der Waals surface area contributed by atoms with Crippen molar-refractivity contribution in [2.24, 2.45) is 0 Å². The summed E-state index contributed by atoms with van der Waals surface area (Å²) in [5.74, 6) is -0.762. The molecule has 0 aliphatic carbocycles. The van der Waals surface area contributed by atoms with Crippen LogP contribution >= 0.6 is 0 Å². The van der Waals surface area contributed by atoms with Crippen LogP contribution in [0.5, 0.6) is 0 Å². The van der Waals surface area contributed by atoms with Crippen LogP contribution in [-0.4, -0.2) is 35.9 Å². The maximum atomic E-state index is 13.0. The Bertz CT molecular complexity index is 1150. The monoisotopic (exact) mass is 445 g/mol. The molecule has 2 aliphatic rings. The van der Waals surface area contributed by atoms with Gasteiger partial charge in [0.2, 0.25) is 11.8 Å². The summed E-state index contributed by atoms with van der Waals surface area (Å²) in [5, 5.41) is 6.75. The zero-order chi connectivity index (χ0) is 23.2. The molecule has 0 fully saturated rings. The summed E-state index contributed by atoms with van der Waals surface area (Å²) >= 11 is 0. The maximum Gasteiger partial charge on any atom is 0.328 e. The maximum absolute atomic E-state index is 13.0. The second-order valence-electron chi connectivity index (χ2n) is 8.31. The number of hydrogen-bond donors (Lipinski definition) is 2. The number of pyridine rings is 1. The fraction of sp³-hybridized carbons (Fsp3) is 0.308. The van der Waals surface area contributed by atoms with Gasteiger partial charge in [-0.1, -0.05) is 42.5 Å². The summed E-state index contributed by atoms with van der Waals surface area (Å²) in [4.78, 5) is 41.8. The summed E-state index contributed by atoms with van der Waals surface area (Å²) < 4.78 is 4.84. The summed E-state index contributed by atoms with van der Waals surface area (Å²) in [6.45, 7) is 0. The Balaban J connectivity index is 1.51. The molecule has 3 heterocycles. The Hall–Kier alpha value is -3.74. The highest BCUT2D eigenvalue weighted by Gasteiger charge is 2.24. The van der Waals surface area contributed by atoms with Crippen LogP contribution in [0.4, 0.5) is 5.69 Å². The Labute approximate surface area is 192 Å². The van der Waals surface area contributed by atoms with Crippen molar-refractivity contribution in [2.75, 3.05) is 12.4 Å². The number of rotatable bonds is 4. The highest BCUT2D eigenvalue weighted by Crippen LogP contribution is 2.28. The first-order valence-corrected chi connectivity index (χ1v) is 11.1. The van der Waals surface area contributed by atoms with E-state index in [1.165, 1.54) is 7.11 Å². The minimum atomic E-state index is -0.705. The van der Waals surface area contributed by atoms with E-state index >= 15 is 0 Å². The summed E-state index contributed by atoms with van der Waals surface area (Å²) in [6.07, 6.45) is 3.94. The summed E-state index contributed by atoms with van der Waals surface area (Å²) in [7, 11) is 1.32. The van der Waals surface area contributed by atoms with Crippen LogP contribution in [0.3, 0.4) is 0 Å². The lowest BCUT2D eigenvalue weighted by Crippen LogP contribution is -2.43. The molecule has 0 spiro atoms. The topological polar surface area (TPSA) is 97.4 Å². The number of carbonyl (C=O) groups excluding carboxylic acids is 3. The number of hydrogen-bond acceptors (Lipinski definition) is 5. The molecule has 2 N–H and O–H groups in total. The van der Waals surface area contributed by atoms with Crippen molar-refractivity contribution in [1.82, 2.24) is 10.3 Å². The molecule has 2 aromatic carbocycles. The van der Waals surface area contributed by atoms with Crippen molar-refractivity contribution in [3.63, 3.8) is 0 Å². The Kier molecular flexibility index (Phi) is 6.98. The van der Waals surface area contributed by atoms with Gasteiger partial charge >= 0.3 is 5.97 Å². The van der Waals surface area contributed by atoms with Gasteiger partial charge in [-0.3, -0.25) is 14.6 Å². The lowest BCUT2D eigenvalue weighted by Gasteiger charge is -2.21. The van der Waals surface area contributed by atoms with Gasteiger partial charge in [-0.25, -0.2) is 4.79 Å². The number of fused-ring (bicyclic) bond motifs is 10. The third-order valence-corrected chi connectivity index (χ3v) is 6.01. The molecule has 2 aliphatic heterocycles. The molecule has 1 aromatic heterocycles. The van der Waals surface area contributed by atoms with Gasteiger partial charge in [0.15, 0.2) is 0 Å². The van der Waals surface area contributed by atoms with Crippen molar-refractivity contribution < 1.29 is 19.1 Å². The Morgan fingerprint density at radius 3 is 2.70 bits per heavy atom. The smallest absolute Gasteiger partial charge is 0.328 e. The van der Waals surface area contributed by atoms with Gasteiger partial charge in [-0.2, -0.15) is 0 Å². The second kappa shape index (κ2) is 10.3. The van der Waals surface area contributed by atoms with Crippen LogP contribution in [-0.2, 0) is 25.5 Å². The van der Waals surface area contributed by atoms with Gasteiger partial charge in [-0.05, 0) is 42.0 Å². The van der Waals surface area contributed by atoms with E-state index in [1.807, 2.05) is 54.6 Å². The summed E-state index contributed by atoms with van der Waals surface area (Å²) in [6, 6.07) is 16.7. The van der Waals surface area contributed by atoms with E-state index < -0.39 is 12.0 Å². The number of nitrogens with one attached hydrogen (secondary N) is 2. The molecule has 2 amide bonds. The lowest BCUT2D eigenvalue weighted by atomic mass is 9.88. The lowest BCUT2D eigenvalue weighted by molar-refractivity contribution is -0.145. The summed E-state index contributed by atoms with van der Waals surface area (Å²) in [5.41, 5.74) is 3.41. The Morgan fingerprint density at radius 1 is 1.12 bits per heavy atom. The molecule has 0 radical (unpaired) electrons. The van der Waals surface area contributed by atoms with Gasteiger partial charge < -0.3 is 15.4 Å². The molecule has 1 unspecified atom stereocenters. The predicted octanol–water partition coefficient (Wildman–Crippen LogP) is 3.73. The number of nitrogens with zero attached hydrogens (tertiary/aromatic N) is 1. The van der Waals surface area contributed by atoms with Crippen molar-refractivity contribution in [3.05, 3.63) is 71.9 Å². The quantitative estimate of drug-likeness (QED) is 0.597. The second-order valence-corrected chi connectivity index (χ2v) is 8.31. The fourth-order valence-corrected chi connectivity index (χ4v) is 4.29. The minimum Gasteiger partial charge on any atom is -0.467 e. The predicted molar refractivity (Wildman–Crippen MR) is 126 cm³/mol. The van der Waals surface area contributed by atoms with Gasteiger partial charge in [-0.15, -0.1) is 0 Å². The van der Waals surface area contributed by atoms with E-state index in [0.717, 1.165) is 22.0 Å². The number of amides is 2. The van der Waals surface area contributed by atoms with Gasteiger partial charge in [0, 0.05) is 30.8 Å². The standard InChI is InChI=1S/C26H27N3O4/c1-33-26(32)22-15-17-10-12-18(13-11-17)20(6-3-9-23(30)29-22)16-24(31)28-21-8-2-5-19-7-4-14-27-25(19)21/h2,4-5,7-8,10-14,20,22H,3,6,9,15-16H2,1H3,(H,28,31)(H,29,30)/t20?,22-/m0/s1. The highest BCUT2D eigenvalue weighted by molar-refractivity contribution is 6.00. The van der Waals surface area contributed by atoms with E-state index in [2.05, 4.69) is 15.6 Å². The van der Waals surface area contributed by atoms with Gasteiger partial charge in [0.05, 0.1) is 18.3 Å². The molecule has 7 heteroatoms. The molecule has 170 valence electrons. The van der Waals surface area contributed by atoms with Crippen LogP contribution in [0.1, 0.15) is 42.7 Å². The van der Waals surface area contributed by atoms with Gasteiger partial charge in [0.1, 0.15) is 6.04 Å². The van der Waals surface area contributed by atoms with E-state index in [-0.39, 0.29) is 24.2 Å². The molecule has 2 bridgehead atoms. The number of anilines is 1. The molecule has 2 atom stereocenters. The number of carbonyl (C=O) groups is 3. The van der Waals surface area contributed by atoms with Crippen molar-refractivity contribution in [1.29, 1.82) is 0 Å². The minimum absolute atomic E-state index is 0.0226. The fourth-order valence-electron chi connectivity index (χ4n) is 4.29. The zero-order valence-electron chi connectivity index (χ0n) is 18.5. The first kappa shape index (κ1) is 22.5. The molecule has 5 rings (SSSR count). The number of ether oxygens (including phenoxy) is 1. The van der Waals surface area contributed by atoms with Crippen LogP contribution in [0.25, 0.3) is 10.9 Å². The number of methoxy groups -OCH3 is 1. The van der Waals surface area contributed by atoms with Crippen molar-refractivity contribution in [3.8, 4) is 0 Å². The van der Waals surface area contributed by atoms with E-state index in [1.54, 1.807) is 6.20 Å². The normalized spacial score (nSPS) is 18.6. The number of benzene rings is 2. The van der Waals surface area contributed by atoms with E-state index in [0.29, 0.717) is 31.4 Å². The van der Waals surface area contributed by atoms with Crippen LogP contribution in [0, 0.1) is 0 Å². The number of aromatic nitrogens is 1. The molecule has 7 nitrogen and oxygen atoms in total. The van der Waals surface area contributed by atoms with Crippen molar-refractivity contribution >= 4 is 34.4 Å². The first-order chi connectivity index (χ1) is 16.0. The zero-order valence-corrected chi connectivity index (χ0v) is 18.5. The van der Waals surface area contributed by atoms with Crippen LogP contribution in [0.15, 0.2) is 60.8 Å². The van der Waals surface area contributed by atoms with Crippen molar-refractivity contribution in [2.45, 2.75) is 44.1 Å². The molecule has 0 saturated carbocycles. The van der Waals surface area contributed by atoms with Gasteiger partial charge in [0.25, 0.3) is 0 Å². The van der Waals surface area contributed by atoms with Crippen LogP contribution in [0.2, 0.25) is 0 Å².